The van der Waals surface area contributed by atoms with Gasteiger partial charge in [0.1, 0.15) is 18.5 Å². The van der Waals surface area contributed by atoms with Crippen LogP contribution < -0.4 is 5.32 Å². The van der Waals surface area contributed by atoms with Gasteiger partial charge in [-0.15, -0.1) is 0 Å². The van der Waals surface area contributed by atoms with Gasteiger partial charge < -0.3 is 14.9 Å². The molecule has 0 aliphatic rings. The molecule has 1 amide bonds. The second kappa shape index (κ2) is 7.83. The standard InChI is InChI=1S/C18H15F2N3O3/c19-9-11-1-3-12(4-2-11)16-22-18(26-23-16)15(10-24)21-17(25)13-5-7-14(20)8-6-13/h1-8,15,24H,9-10H2,(H,21,25)/t15-/m0/s1. The van der Waals surface area contributed by atoms with Crippen LogP contribution in [0.4, 0.5) is 8.78 Å². The first-order chi connectivity index (χ1) is 12.6. The van der Waals surface area contributed by atoms with Crippen molar-refractivity contribution in [2.75, 3.05) is 6.61 Å². The van der Waals surface area contributed by atoms with Gasteiger partial charge >= 0.3 is 0 Å². The third-order valence-electron chi connectivity index (χ3n) is 3.70. The molecule has 6 nitrogen and oxygen atoms in total. The lowest BCUT2D eigenvalue weighted by Gasteiger charge is -2.12. The Morgan fingerprint density at radius 3 is 2.46 bits per heavy atom. The van der Waals surface area contributed by atoms with Crippen LogP contribution in [0.3, 0.4) is 0 Å². The first kappa shape index (κ1) is 17.7. The molecule has 3 rings (SSSR count). The average molecular weight is 359 g/mol. The second-order valence-corrected chi connectivity index (χ2v) is 5.50. The van der Waals surface area contributed by atoms with Gasteiger partial charge in [0, 0.05) is 11.1 Å². The highest BCUT2D eigenvalue weighted by Gasteiger charge is 2.21. The molecule has 0 aliphatic carbocycles. The molecule has 134 valence electrons. The van der Waals surface area contributed by atoms with E-state index < -0.39 is 31.0 Å². The molecule has 0 unspecified atom stereocenters. The van der Waals surface area contributed by atoms with E-state index in [2.05, 4.69) is 15.5 Å². The van der Waals surface area contributed by atoms with Crippen LogP contribution in [0.5, 0.6) is 0 Å². The van der Waals surface area contributed by atoms with Crippen molar-refractivity contribution in [3.63, 3.8) is 0 Å². The lowest BCUT2D eigenvalue weighted by Crippen LogP contribution is -2.31. The summed E-state index contributed by atoms with van der Waals surface area (Å²) in [6, 6.07) is 10.6. The number of nitrogens with one attached hydrogen (secondary N) is 1. The third kappa shape index (κ3) is 3.92. The maximum Gasteiger partial charge on any atom is 0.251 e. The molecule has 26 heavy (non-hydrogen) atoms. The van der Waals surface area contributed by atoms with Crippen molar-refractivity contribution >= 4 is 5.91 Å². The number of rotatable bonds is 6. The molecule has 0 radical (unpaired) electrons. The fourth-order valence-electron chi connectivity index (χ4n) is 2.27. The summed E-state index contributed by atoms with van der Waals surface area (Å²) >= 11 is 0. The highest BCUT2D eigenvalue weighted by molar-refractivity contribution is 5.94. The summed E-state index contributed by atoms with van der Waals surface area (Å²) < 4.78 is 30.6. The molecule has 3 aromatic rings. The highest BCUT2D eigenvalue weighted by atomic mass is 19.1. The first-order valence-corrected chi connectivity index (χ1v) is 7.77. The molecule has 0 saturated carbocycles. The third-order valence-corrected chi connectivity index (χ3v) is 3.70. The van der Waals surface area contributed by atoms with Crippen LogP contribution in [-0.2, 0) is 6.67 Å². The maximum absolute atomic E-state index is 12.9. The van der Waals surface area contributed by atoms with Gasteiger partial charge in [-0.1, -0.05) is 29.4 Å². The highest BCUT2D eigenvalue weighted by Crippen LogP contribution is 2.20. The Kier molecular flexibility index (Phi) is 5.33. The quantitative estimate of drug-likeness (QED) is 0.707. The van der Waals surface area contributed by atoms with Crippen molar-refractivity contribution in [3.8, 4) is 11.4 Å². The van der Waals surface area contributed by atoms with Gasteiger partial charge in [-0.25, -0.2) is 8.78 Å². The molecule has 2 aromatic carbocycles. The van der Waals surface area contributed by atoms with Crippen molar-refractivity contribution in [3.05, 3.63) is 71.4 Å². The molecule has 1 atom stereocenters. The van der Waals surface area contributed by atoms with Gasteiger partial charge in [-0.2, -0.15) is 4.98 Å². The number of hydrogen-bond donors (Lipinski definition) is 2. The van der Waals surface area contributed by atoms with Gasteiger partial charge in [0.15, 0.2) is 0 Å². The van der Waals surface area contributed by atoms with Gasteiger partial charge in [0.2, 0.25) is 5.82 Å². The molecular weight excluding hydrogens is 344 g/mol. The molecule has 8 heteroatoms. The Morgan fingerprint density at radius 2 is 1.85 bits per heavy atom. The van der Waals surface area contributed by atoms with Gasteiger partial charge in [0.25, 0.3) is 11.8 Å². The zero-order valence-electron chi connectivity index (χ0n) is 13.5. The van der Waals surface area contributed by atoms with E-state index in [0.29, 0.717) is 11.1 Å². The van der Waals surface area contributed by atoms with E-state index in [-0.39, 0.29) is 17.3 Å². The Labute approximate surface area is 147 Å². The van der Waals surface area contributed by atoms with Gasteiger partial charge in [0.05, 0.1) is 6.61 Å². The number of benzene rings is 2. The zero-order valence-corrected chi connectivity index (χ0v) is 13.5. The van der Waals surface area contributed by atoms with E-state index in [1.807, 2.05) is 0 Å². The second-order valence-electron chi connectivity index (χ2n) is 5.50. The predicted molar refractivity (Wildman–Crippen MR) is 88.2 cm³/mol. The molecule has 1 heterocycles. The van der Waals surface area contributed by atoms with Crippen LogP contribution >= 0.6 is 0 Å². The maximum atomic E-state index is 12.9. The van der Waals surface area contributed by atoms with Crippen molar-refractivity contribution < 1.29 is 23.2 Å². The van der Waals surface area contributed by atoms with Crippen LogP contribution in [0.15, 0.2) is 53.1 Å². The molecule has 0 aliphatic heterocycles. The number of aliphatic hydroxyl groups excluding tert-OH is 1. The van der Waals surface area contributed by atoms with Crippen LogP contribution in [0.2, 0.25) is 0 Å². The van der Waals surface area contributed by atoms with Gasteiger partial charge in [-0.05, 0) is 29.8 Å². The van der Waals surface area contributed by atoms with E-state index in [9.17, 15) is 18.7 Å². The normalized spacial score (nSPS) is 12.0. The number of aliphatic hydroxyl groups is 1. The Balaban J connectivity index is 1.75. The average Bonchev–Trinajstić information content (AvgIpc) is 3.16. The minimum atomic E-state index is -0.918. The number of hydrogen-bond acceptors (Lipinski definition) is 5. The first-order valence-electron chi connectivity index (χ1n) is 7.77. The lowest BCUT2D eigenvalue weighted by atomic mass is 10.1. The van der Waals surface area contributed by atoms with Crippen molar-refractivity contribution in [2.45, 2.75) is 12.7 Å². The lowest BCUT2D eigenvalue weighted by molar-refractivity contribution is 0.0901. The Morgan fingerprint density at radius 1 is 1.15 bits per heavy atom. The van der Waals surface area contributed by atoms with Crippen LogP contribution in [0.1, 0.15) is 27.9 Å². The van der Waals surface area contributed by atoms with Crippen LogP contribution in [-0.4, -0.2) is 27.8 Å². The monoisotopic (exact) mass is 359 g/mol. The summed E-state index contributed by atoms with van der Waals surface area (Å²) in [5, 5.41) is 15.9. The molecule has 0 fully saturated rings. The fourth-order valence-corrected chi connectivity index (χ4v) is 2.27. The number of carbonyl (C=O) groups excluding carboxylic acids is 1. The number of alkyl halides is 1. The number of nitrogens with zero attached hydrogens (tertiary/aromatic N) is 2. The van der Waals surface area contributed by atoms with E-state index >= 15 is 0 Å². The van der Waals surface area contributed by atoms with E-state index in [0.717, 1.165) is 12.1 Å². The molecule has 2 N–H and O–H groups in total. The fraction of sp³-hybridized carbons (Fsp3) is 0.167. The largest absolute Gasteiger partial charge is 0.394 e. The van der Waals surface area contributed by atoms with Gasteiger partial charge in [-0.3, -0.25) is 4.79 Å². The molecule has 0 saturated heterocycles. The summed E-state index contributed by atoms with van der Waals surface area (Å²) in [7, 11) is 0. The van der Waals surface area contributed by atoms with E-state index in [1.165, 1.54) is 12.1 Å². The van der Waals surface area contributed by atoms with Crippen LogP contribution in [0.25, 0.3) is 11.4 Å². The van der Waals surface area contributed by atoms with E-state index in [4.69, 9.17) is 4.52 Å². The van der Waals surface area contributed by atoms with Crippen molar-refractivity contribution in [1.82, 2.24) is 15.5 Å². The number of halogens is 2. The molecule has 0 spiro atoms. The SMILES string of the molecule is O=C(N[C@@H](CO)c1nc(-c2ccc(CF)cc2)no1)c1ccc(F)cc1. The number of aromatic nitrogens is 2. The molecular formula is C18H15F2N3O3. The minimum Gasteiger partial charge on any atom is -0.394 e. The summed E-state index contributed by atoms with van der Waals surface area (Å²) in [5.74, 6) is -0.705. The summed E-state index contributed by atoms with van der Waals surface area (Å²) in [5.41, 5.74) is 1.36. The minimum absolute atomic E-state index is 0.0209. The molecule has 1 aromatic heterocycles. The summed E-state index contributed by atoms with van der Waals surface area (Å²) in [4.78, 5) is 16.3. The topological polar surface area (TPSA) is 88.2 Å². The summed E-state index contributed by atoms with van der Waals surface area (Å²) in [6.07, 6.45) is 0. The Bertz CT molecular complexity index is 879. The number of amides is 1. The Hall–Kier alpha value is -3.13. The predicted octanol–water partition coefficient (Wildman–Crippen LogP) is 2.81. The van der Waals surface area contributed by atoms with E-state index in [1.54, 1.807) is 24.3 Å². The summed E-state index contributed by atoms with van der Waals surface area (Å²) in [6.45, 7) is -1.03. The van der Waals surface area contributed by atoms with Crippen molar-refractivity contribution in [1.29, 1.82) is 0 Å². The smallest absolute Gasteiger partial charge is 0.251 e. The molecule has 0 bridgehead atoms. The van der Waals surface area contributed by atoms with Crippen molar-refractivity contribution in [2.24, 2.45) is 0 Å². The van der Waals surface area contributed by atoms with Crippen LogP contribution in [0, 0.1) is 5.82 Å². The number of carbonyl (C=O) groups is 1. The zero-order chi connectivity index (χ0) is 18.5.